The van der Waals surface area contributed by atoms with E-state index >= 15 is 0 Å². The molecule has 1 aromatic heterocycles. The van der Waals surface area contributed by atoms with Crippen molar-refractivity contribution in [2.75, 3.05) is 6.61 Å². The van der Waals surface area contributed by atoms with Gasteiger partial charge >= 0.3 is 12.1 Å². The lowest BCUT2D eigenvalue weighted by Crippen LogP contribution is -2.26. The van der Waals surface area contributed by atoms with Crippen molar-refractivity contribution in [3.63, 3.8) is 0 Å². The Morgan fingerprint density at radius 2 is 2.19 bits per heavy atom. The number of hydrogen-bond donors (Lipinski definition) is 1. The van der Waals surface area contributed by atoms with Crippen LogP contribution < -0.4 is 5.73 Å². The van der Waals surface area contributed by atoms with Crippen LogP contribution in [0.3, 0.4) is 0 Å². The summed E-state index contributed by atoms with van der Waals surface area (Å²) in [5.74, 6) is -1.55. The fourth-order valence-electron chi connectivity index (χ4n) is 1.54. The Labute approximate surface area is 88.8 Å². The smallest absolute Gasteiger partial charge is 0.376 e. The van der Waals surface area contributed by atoms with Gasteiger partial charge < -0.3 is 15.0 Å². The summed E-state index contributed by atoms with van der Waals surface area (Å²) in [6, 6.07) is -0.776. The topological polar surface area (TPSA) is 74.2 Å². The van der Waals surface area contributed by atoms with Gasteiger partial charge in [0.25, 0.3) is 0 Å². The number of rotatable bonds is 2. The molecule has 0 aliphatic carbocycles. The molecular weight excluding hydrogens is 227 g/mol. The third kappa shape index (κ3) is 2.17. The van der Waals surface area contributed by atoms with Crippen LogP contribution in [0.15, 0.2) is 4.52 Å². The molecule has 16 heavy (non-hydrogen) atoms. The highest BCUT2D eigenvalue weighted by Crippen LogP contribution is 2.29. The van der Waals surface area contributed by atoms with Gasteiger partial charge in [-0.1, -0.05) is 5.16 Å². The molecule has 0 spiro atoms. The number of alkyl halides is 3. The SMILES string of the molecule is NC(c1noc(C(F)(F)F)n1)C1CCCO1. The zero-order chi connectivity index (χ0) is 11.8. The van der Waals surface area contributed by atoms with E-state index in [0.29, 0.717) is 13.0 Å². The molecule has 1 aliphatic rings. The minimum atomic E-state index is -4.64. The lowest BCUT2D eigenvalue weighted by molar-refractivity contribution is -0.159. The first-order valence-electron chi connectivity index (χ1n) is 4.76. The average Bonchev–Trinajstić information content (AvgIpc) is 2.87. The molecule has 2 unspecified atom stereocenters. The van der Waals surface area contributed by atoms with Crippen molar-refractivity contribution < 1.29 is 22.4 Å². The van der Waals surface area contributed by atoms with Crippen LogP contribution in [0.2, 0.25) is 0 Å². The number of nitrogens with zero attached hydrogens (tertiary/aromatic N) is 2. The van der Waals surface area contributed by atoms with Gasteiger partial charge in [-0.15, -0.1) is 0 Å². The van der Waals surface area contributed by atoms with Crippen molar-refractivity contribution in [1.29, 1.82) is 0 Å². The molecule has 0 bridgehead atoms. The van der Waals surface area contributed by atoms with Gasteiger partial charge in [0.2, 0.25) is 0 Å². The van der Waals surface area contributed by atoms with Crippen LogP contribution in [0.1, 0.15) is 30.6 Å². The summed E-state index contributed by atoms with van der Waals surface area (Å²) in [6.07, 6.45) is -3.44. The Hall–Kier alpha value is -1.15. The molecule has 0 aromatic carbocycles. The quantitative estimate of drug-likeness (QED) is 0.838. The number of nitrogens with two attached hydrogens (primary N) is 1. The van der Waals surface area contributed by atoms with E-state index in [-0.39, 0.29) is 11.9 Å². The number of ether oxygens (including phenoxy) is 1. The summed E-state index contributed by atoms with van der Waals surface area (Å²) < 4.78 is 45.8. The minimum absolute atomic E-state index is 0.167. The van der Waals surface area contributed by atoms with E-state index in [2.05, 4.69) is 14.7 Å². The van der Waals surface area contributed by atoms with Crippen LogP contribution in [0.4, 0.5) is 13.2 Å². The zero-order valence-electron chi connectivity index (χ0n) is 8.20. The van der Waals surface area contributed by atoms with E-state index in [1.165, 1.54) is 0 Å². The molecule has 2 rings (SSSR count). The summed E-state index contributed by atoms with van der Waals surface area (Å²) in [7, 11) is 0. The summed E-state index contributed by atoms with van der Waals surface area (Å²) in [6.45, 7) is 0.558. The van der Waals surface area contributed by atoms with Gasteiger partial charge in [0.15, 0.2) is 5.82 Å². The molecular formula is C8H10F3N3O2. The van der Waals surface area contributed by atoms with Gasteiger partial charge in [-0.3, -0.25) is 0 Å². The molecule has 2 N–H and O–H groups in total. The molecule has 2 atom stereocenters. The van der Waals surface area contributed by atoms with Crippen molar-refractivity contribution in [2.45, 2.75) is 31.2 Å². The maximum Gasteiger partial charge on any atom is 0.471 e. The lowest BCUT2D eigenvalue weighted by atomic mass is 10.1. The molecule has 1 saturated heterocycles. The molecule has 8 heteroatoms. The van der Waals surface area contributed by atoms with Gasteiger partial charge in [0.1, 0.15) is 0 Å². The second-order valence-corrected chi connectivity index (χ2v) is 3.53. The molecule has 1 aromatic rings. The largest absolute Gasteiger partial charge is 0.471 e. The molecule has 90 valence electrons. The van der Waals surface area contributed by atoms with Crippen LogP contribution in [-0.2, 0) is 10.9 Å². The van der Waals surface area contributed by atoms with Gasteiger partial charge in [-0.05, 0) is 12.8 Å². The lowest BCUT2D eigenvalue weighted by Gasteiger charge is -2.14. The standard InChI is InChI=1S/C8H10F3N3O2/c9-8(10,11)7-13-6(14-16-7)5(12)4-2-1-3-15-4/h4-5H,1-3,12H2. The molecule has 5 nitrogen and oxygen atoms in total. The van der Waals surface area contributed by atoms with E-state index in [1.807, 2.05) is 0 Å². The molecule has 0 radical (unpaired) electrons. The van der Waals surface area contributed by atoms with Gasteiger partial charge in [0, 0.05) is 6.61 Å². The third-order valence-corrected chi connectivity index (χ3v) is 2.35. The van der Waals surface area contributed by atoms with Crippen molar-refractivity contribution >= 4 is 0 Å². The van der Waals surface area contributed by atoms with Crippen LogP contribution in [0.25, 0.3) is 0 Å². The highest BCUT2D eigenvalue weighted by atomic mass is 19.4. The number of aromatic nitrogens is 2. The van der Waals surface area contributed by atoms with Crippen molar-refractivity contribution in [3.8, 4) is 0 Å². The molecule has 1 fully saturated rings. The molecule has 1 aliphatic heterocycles. The Bertz CT molecular complexity index is 360. The average molecular weight is 237 g/mol. The number of halogens is 3. The Kier molecular flexibility index (Phi) is 2.85. The van der Waals surface area contributed by atoms with Crippen molar-refractivity contribution in [2.24, 2.45) is 5.73 Å². The Morgan fingerprint density at radius 1 is 1.44 bits per heavy atom. The van der Waals surface area contributed by atoms with Crippen molar-refractivity contribution in [3.05, 3.63) is 11.7 Å². The maximum atomic E-state index is 12.2. The van der Waals surface area contributed by atoms with E-state index in [0.717, 1.165) is 6.42 Å². The monoisotopic (exact) mass is 237 g/mol. The predicted molar refractivity (Wildman–Crippen MR) is 45.2 cm³/mol. The predicted octanol–water partition coefficient (Wildman–Crippen LogP) is 1.27. The number of hydrogen-bond acceptors (Lipinski definition) is 5. The summed E-state index contributed by atoms with van der Waals surface area (Å²) >= 11 is 0. The summed E-state index contributed by atoms with van der Waals surface area (Å²) in [4.78, 5) is 3.22. The van der Waals surface area contributed by atoms with Crippen LogP contribution >= 0.6 is 0 Å². The van der Waals surface area contributed by atoms with Crippen LogP contribution in [-0.4, -0.2) is 22.9 Å². The summed E-state index contributed by atoms with van der Waals surface area (Å²) in [5.41, 5.74) is 5.68. The first-order valence-corrected chi connectivity index (χ1v) is 4.76. The van der Waals surface area contributed by atoms with Gasteiger partial charge in [-0.2, -0.15) is 18.2 Å². The maximum absolute atomic E-state index is 12.2. The van der Waals surface area contributed by atoms with E-state index < -0.39 is 18.1 Å². The second kappa shape index (κ2) is 4.02. The third-order valence-electron chi connectivity index (χ3n) is 2.35. The van der Waals surface area contributed by atoms with Crippen LogP contribution in [0, 0.1) is 0 Å². The first-order chi connectivity index (χ1) is 7.48. The van der Waals surface area contributed by atoms with E-state index in [1.54, 1.807) is 0 Å². The summed E-state index contributed by atoms with van der Waals surface area (Å²) in [5, 5.41) is 3.22. The molecule has 2 heterocycles. The normalized spacial score (nSPS) is 23.6. The van der Waals surface area contributed by atoms with Gasteiger partial charge in [-0.25, -0.2) is 0 Å². The highest BCUT2D eigenvalue weighted by Gasteiger charge is 2.39. The van der Waals surface area contributed by atoms with Crippen LogP contribution in [0.5, 0.6) is 0 Å². The second-order valence-electron chi connectivity index (χ2n) is 3.53. The molecule has 0 saturated carbocycles. The fourth-order valence-corrected chi connectivity index (χ4v) is 1.54. The van der Waals surface area contributed by atoms with Gasteiger partial charge in [0.05, 0.1) is 12.1 Å². The van der Waals surface area contributed by atoms with Crippen molar-refractivity contribution in [1.82, 2.24) is 10.1 Å². The highest BCUT2D eigenvalue weighted by molar-refractivity contribution is 4.98. The zero-order valence-corrected chi connectivity index (χ0v) is 8.20. The van der Waals surface area contributed by atoms with E-state index in [9.17, 15) is 13.2 Å². The Balaban J connectivity index is 2.12. The first kappa shape index (κ1) is 11.3. The molecule has 0 amide bonds. The Morgan fingerprint density at radius 3 is 2.69 bits per heavy atom. The fraction of sp³-hybridized carbons (Fsp3) is 0.750. The minimum Gasteiger partial charge on any atom is -0.376 e. The van der Waals surface area contributed by atoms with E-state index in [4.69, 9.17) is 10.5 Å².